The van der Waals surface area contributed by atoms with Crippen molar-refractivity contribution < 1.29 is 0 Å². The summed E-state index contributed by atoms with van der Waals surface area (Å²) in [6, 6.07) is 6.73. The first-order valence-corrected chi connectivity index (χ1v) is 8.38. The zero-order valence-electron chi connectivity index (χ0n) is 12.0. The molecule has 0 radical (unpaired) electrons. The number of hydrogen-bond donors (Lipinski definition) is 1. The van der Waals surface area contributed by atoms with Gasteiger partial charge < -0.3 is 5.32 Å². The van der Waals surface area contributed by atoms with Crippen LogP contribution in [0.25, 0.3) is 0 Å². The van der Waals surface area contributed by atoms with Crippen molar-refractivity contribution in [3.8, 4) is 0 Å². The van der Waals surface area contributed by atoms with E-state index in [9.17, 15) is 0 Å². The summed E-state index contributed by atoms with van der Waals surface area (Å²) < 4.78 is 1.13. The topological polar surface area (TPSA) is 24.4 Å². The Labute approximate surface area is 128 Å². The Bertz CT molecular complexity index is 491. The van der Waals surface area contributed by atoms with E-state index in [-0.39, 0.29) is 5.41 Å². The van der Waals surface area contributed by atoms with Gasteiger partial charge in [0.2, 0.25) is 0 Å². The van der Waals surface area contributed by atoms with Gasteiger partial charge in [-0.3, -0.25) is 4.99 Å². The molecule has 19 heavy (non-hydrogen) atoms. The smallest absolute Gasteiger partial charge is 0.161 e. The van der Waals surface area contributed by atoms with Gasteiger partial charge in [-0.15, -0.1) is 0 Å². The van der Waals surface area contributed by atoms with Crippen molar-refractivity contribution in [1.29, 1.82) is 0 Å². The maximum absolute atomic E-state index is 4.85. The Morgan fingerprint density at radius 1 is 1.37 bits per heavy atom. The number of nitrogens with zero attached hydrogens (tertiary/aromatic N) is 1. The van der Waals surface area contributed by atoms with Gasteiger partial charge in [0.15, 0.2) is 5.17 Å². The summed E-state index contributed by atoms with van der Waals surface area (Å²) >= 11 is 5.38. The third kappa shape index (κ3) is 3.99. The van der Waals surface area contributed by atoms with Crippen LogP contribution < -0.4 is 5.32 Å². The molecule has 2 nitrogen and oxygen atoms in total. The van der Waals surface area contributed by atoms with Crippen molar-refractivity contribution in [2.75, 3.05) is 11.1 Å². The number of nitrogens with one attached hydrogen (secondary N) is 1. The van der Waals surface area contributed by atoms with Gasteiger partial charge >= 0.3 is 0 Å². The molecule has 2 rings (SSSR count). The Morgan fingerprint density at radius 2 is 2.11 bits per heavy atom. The molecule has 0 amide bonds. The van der Waals surface area contributed by atoms with E-state index in [2.05, 4.69) is 67.1 Å². The predicted octanol–water partition coefficient (Wildman–Crippen LogP) is 5.08. The largest absolute Gasteiger partial charge is 0.335 e. The lowest BCUT2D eigenvalue weighted by Gasteiger charge is -2.31. The van der Waals surface area contributed by atoms with Gasteiger partial charge in [-0.25, -0.2) is 0 Å². The lowest BCUT2D eigenvalue weighted by molar-refractivity contribution is 0.316. The fourth-order valence-electron chi connectivity index (χ4n) is 2.00. The van der Waals surface area contributed by atoms with E-state index in [1.54, 1.807) is 0 Å². The number of aliphatic imine (C=N–C) groups is 1. The molecule has 1 aromatic carbocycles. The molecule has 0 saturated heterocycles. The first-order valence-electron chi connectivity index (χ1n) is 6.60. The summed E-state index contributed by atoms with van der Waals surface area (Å²) in [4.78, 5) is 4.85. The number of halogens is 1. The van der Waals surface area contributed by atoms with Crippen LogP contribution in [0.3, 0.4) is 0 Å². The molecule has 4 heteroatoms. The van der Waals surface area contributed by atoms with E-state index in [1.807, 2.05) is 11.8 Å². The average molecular weight is 341 g/mol. The standard InChI is InChI=1S/C15H21BrN2S/c1-10-5-6-11(9-12(10)16)17-14-18-13(7-8-19-14)15(2,3)4/h5-6,9,13H,7-8H2,1-4H3,(H,17,18). The molecule has 0 aliphatic carbocycles. The van der Waals surface area contributed by atoms with Crippen molar-refractivity contribution in [3.63, 3.8) is 0 Å². The van der Waals surface area contributed by atoms with Crippen LogP contribution in [-0.4, -0.2) is 17.0 Å². The van der Waals surface area contributed by atoms with Gasteiger partial charge in [0, 0.05) is 15.9 Å². The SMILES string of the molecule is Cc1ccc(NC2=NC(C(C)(C)C)CCS2)cc1Br. The summed E-state index contributed by atoms with van der Waals surface area (Å²) in [5.74, 6) is 1.14. The molecule has 1 N–H and O–H groups in total. The summed E-state index contributed by atoms with van der Waals surface area (Å²) in [5.41, 5.74) is 2.58. The normalized spacial score (nSPS) is 20.1. The van der Waals surface area contributed by atoms with Gasteiger partial charge in [-0.1, -0.05) is 54.5 Å². The van der Waals surface area contributed by atoms with Crippen molar-refractivity contribution >= 4 is 38.5 Å². The van der Waals surface area contributed by atoms with Crippen LogP contribution in [0.1, 0.15) is 32.8 Å². The molecule has 1 aliphatic rings. The zero-order chi connectivity index (χ0) is 14.0. The minimum absolute atomic E-state index is 0.238. The molecule has 0 aromatic heterocycles. The van der Waals surface area contributed by atoms with Crippen LogP contribution in [0.2, 0.25) is 0 Å². The van der Waals surface area contributed by atoms with E-state index in [1.165, 1.54) is 5.56 Å². The fourth-order valence-corrected chi connectivity index (χ4v) is 3.30. The number of benzene rings is 1. The molecule has 0 fully saturated rings. The van der Waals surface area contributed by atoms with E-state index in [0.29, 0.717) is 6.04 Å². The number of anilines is 1. The molecular weight excluding hydrogens is 320 g/mol. The Morgan fingerprint density at radius 3 is 2.74 bits per heavy atom. The van der Waals surface area contributed by atoms with Gasteiger partial charge in [-0.05, 0) is 36.5 Å². The third-order valence-corrected chi connectivity index (χ3v) is 5.10. The van der Waals surface area contributed by atoms with Crippen molar-refractivity contribution in [1.82, 2.24) is 0 Å². The quantitative estimate of drug-likeness (QED) is 0.771. The second-order valence-corrected chi connectivity index (χ2v) is 7.98. The summed E-state index contributed by atoms with van der Waals surface area (Å²) in [6.45, 7) is 8.88. The van der Waals surface area contributed by atoms with Gasteiger partial charge in [0.05, 0.1) is 6.04 Å². The minimum atomic E-state index is 0.238. The predicted molar refractivity (Wildman–Crippen MR) is 90.3 cm³/mol. The van der Waals surface area contributed by atoms with Crippen molar-refractivity contribution in [3.05, 3.63) is 28.2 Å². The minimum Gasteiger partial charge on any atom is -0.335 e. The number of rotatable bonds is 1. The lowest BCUT2D eigenvalue weighted by atomic mass is 9.85. The summed E-state index contributed by atoms with van der Waals surface area (Å²) in [5, 5.41) is 4.48. The van der Waals surface area contributed by atoms with Crippen molar-refractivity contribution in [2.45, 2.75) is 40.2 Å². The van der Waals surface area contributed by atoms with Gasteiger partial charge in [0.25, 0.3) is 0 Å². The first-order chi connectivity index (χ1) is 8.86. The van der Waals surface area contributed by atoms with E-state index >= 15 is 0 Å². The molecular formula is C15H21BrN2S. The highest BCUT2D eigenvalue weighted by molar-refractivity contribution is 9.10. The molecule has 104 valence electrons. The molecule has 0 spiro atoms. The number of hydrogen-bond acceptors (Lipinski definition) is 3. The highest BCUT2D eigenvalue weighted by Crippen LogP contribution is 2.31. The molecule has 0 bridgehead atoms. The van der Waals surface area contributed by atoms with Crippen LogP contribution >= 0.6 is 27.7 Å². The molecule has 1 unspecified atom stereocenters. The van der Waals surface area contributed by atoms with Crippen LogP contribution in [0.15, 0.2) is 27.7 Å². The first kappa shape index (κ1) is 14.9. The second-order valence-electron chi connectivity index (χ2n) is 6.04. The molecule has 1 atom stereocenters. The van der Waals surface area contributed by atoms with Crippen LogP contribution in [0.4, 0.5) is 5.69 Å². The van der Waals surface area contributed by atoms with Gasteiger partial charge in [-0.2, -0.15) is 0 Å². The van der Waals surface area contributed by atoms with E-state index in [0.717, 1.165) is 27.5 Å². The Kier molecular flexibility index (Phi) is 4.62. The Balaban J connectivity index is 2.14. The average Bonchev–Trinajstić information content (AvgIpc) is 2.33. The fraction of sp³-hybridized carbons (Fsp3) is 0.533. The zero-order valence-corrected chi connectivity index (χ0v) is 14.4. The molecule has 1 aliphatic heterocycles. The maximum atomic E-state index is 4.85. The molecule has 1 heterocycles. The van der Waals surface area contributed by atoms with Crippen LogP contribution in [0, 0.1) is 12.3 Å². The highest BCUT2D eigenvalue weighted by Gasteiger charge is 2.27. The van der Waals surface area contributed by atoms with E-state index < -0.39 is 0 Å². The Hall–Kier alpha value is -0.480. The number of thioether (sulfide) groups is 1. The van der Waals surface area contributed by atoms with Gasteiger partial charge in [0.1, 0.15) is 0 Å². The monoisotopic (exact) mass is 340 g/mol. The molecule has 1 aromatic rings. The maximum Gasteiger partial charge on any atom is 0.161 e. The molecule has 0 saturated carbocycles. The highest BCUT2D eigenvalue weighted by atomic mass is 79.9. The third-order valence-electron chi connectivity index (χ3n) is 3.33. The van der Waals surface area contributed by atoms with Crippen molar-refractivity contribution in [2.24, 2.45) is 10.4 Å². The summed E-state index contributed by atoms with van der Waals surface area (Å²) in [6.07, 6.45) is 1.16. The van der Waals surface area contributed by atoms with Crippen LogP contribution in [-0.2, 0) is 0 Å². The number of aryl methyl sites for hydroxylation is 1. The second kappa shape index (κ2) is 5.88. The summed E-state index contributed by atoms with van der Waals surface area (Å²) in [7, 11) is 0. The van der Waals surface area contributed by atoms with E-state index in [4.69, 9.17) is 4.99 Å². The lowest BCUT2D eigenvalue weighted by Crippen LogP contribution is -2.30. The van der Waals surface area contributed by atoms with Crippen LogP contribution in [0.5, 0.6) is 0 Å². The number of amidine groups is 1.